The molecule has 168 valence electrons. The van der Waals surface area contributed by atoms with Crippen LogP contribution in [-0.2, 0) is 15.9 Å². The van der Waals surface area contributed by atoms with Crippen LogP contribution >= 0.6 is 0 Å². The van der Waals surface area contributed by atoms with E-state index in [-0.39, 0.29) is 12.1 Å². The van der Waals surface area contributed by atoms with Gasteiger partial charge in [0.1, 0.15) is 6.10 Å². The topological polar surface area (TPSA) is 57.2 Å². The van der Waals surface area contributed by atoms with Crippen LogP contribution in [0.2, 0.25) is 0 Å². The molecule has 0 amide bonds. The molecule has 6 heteroatoms. The average molecular weight is 420 g/mol. The van der Waals surface area contributed by atoms with Crippen LogP contribution < -0.4 is 9.47 Å². The Hall–Kier alpha value is -1.95. The SMILES string of the molecule is CCCCOC(=O)OC1CC2c3cc(OC)c(OC)cc3CCN2CC1CC(C)C. The lowest BCUT2D eigenvalue weighted by molar-refractivity contribution is -0.0540. The van der Waals surface area contributed by atoms with Gasteiger partial charge in [-0.15, -0.1) is 0 Å². The monoisotopic (exact) mass is 419 g/mol. The zero-order valence-electron chi connectivity index (χ0n) is 19.1. The standard InChI is InChI=1S/C24H37NO5/c1-6-7-10-29-24(26)30-21-14-20-19-13-23(28-5)22(27-4)12-17(19)8-9-25(20)15-18(21)11-16(2)3/h12-13,16,18,20-21H,6-11,14-15H2,1-5H3. The van der Waals surface area contributed by atoms with Crippen molar-refractivity contribution in [3.8, 4) is 11.5 Å². The second-order valence-electron chi connectivity index (χ2n) is 8.90. The zero-order chi connectivity index (χ0) is 21.7. The zero-order valence-corrected chi connectivity index (χ0v) is 19.1. The van der Waals surface area contributed by atoms with Gasteiger partial charge in [0.2, 0.25) is 0 Å². The van der Waals surface area contributed by atoms with Crippen LogP contribution in [0.25, 0.3) is 0 Å². The molecule has 3 unspecified atom stereocenters. The Morgan fingerprint density at radius 3 is 2.60 bits per heavy atom. The first-order valence-corrected chi connectivity index (χ1v) is 11.3. The molecule has 0 aromatic heterocycles. The smallest absolute Gasteiger partial charge is 0.493 e. The summed E-state index contributed by atoms with van der Waals surface area (Å²) in [4.78, 5) is 14.9. The molecule has 1 aromatic rings. The van der Waals surface area contributed by atoms with Gasteiger partial charge in [0, 0.05) is 31.5 Å². The van der Waals surface area contributed by atoms with Crippen molar-refractivity contribution in [2.45, 2.75) is 65.0 Å². The number of benzene rings is 1. The van der Waals surface area contributed by atoms with Crippen LogP contribution in [0, 0.1) is 11.8 Å². The average Bonchev–Trinajstić information content (AvgIpc) is 2.72. The molecule has 30 heavy (non-hydrogen) atoms. The summed E-state index contributed by atoms with van der Waals surface area (Å²) in [6, 6.07) is 4.41. The van der Waals surface area contributed by atoms with Crippen molar-refractivity contribution in [2.75, 3.05) is 33.9 Å². The minimum Gasteiger partial charge on any atom is -0.493 e. The number of carbonyl (C=O) groups excluding carboxylic acids is 1. The Morgan fingerprint density at radius 2 is 1.93 bits per heavy atom. The molecule has 0 saturated carbocycles. The number of unbranched alkanes of at least 4 members (excludes halogenated alkanes) is 1. The Morgan fingerprint density at radius 1 is 1.20 bits per heavy atom. The number of fused-ring (bicyclic) bond motifs is 3. The maximum Gasteiger partial charge on any atom is 0.508 e. The van der Waals surface area contributed by atoms with Crippen LogP contribution in [0.1, 0.15) is 63.6 Å². The van der Waals surface area contributed by atoms with Crippen molar-refractivity contribution in [1.29, 1.82) is 0 Å². The van der Waals surface area contributed by atoms with Crippen molar-refractivity contribution in [2.24, 2.45) is 11.8 Å². The van der Waals surface area contributed by atoms with E-state index in [1.54, 1.807) is 14.2 Å². The van der Waals surface area contributed by atoms with Crippen molar-refractivity contribution < 1.29 is 23.7 Å². The lowest BCUT2D eigenvalue weighted by Gasteiger charge is -2.47. The van der Waals surface area contributed by atoms with Crippen LogP contribution in [0.5, 0.6) is 11.5 Å². The first kappa shape index (κ1) is 22.7. The van der Waals surface area contributed by atoms with Gasteiger partial charge < -0.3 is 18.9 Å². The fourth-order valence-corrected chi connectivity index (χ4v) is 4.84. The summed E-state index contributed by atoms with van der Waals surface area (Å²) in [5, 5.41) is 0. The van der Waals surface area contributed by atoms with Gasteiger partial charge in [-0.3, -0.25) is 4.90 Å². The highest BCUT2D eigenvalue weighted by Crippen LogP contribution is 2.44. The van der Waals surface area contributed by atoms with Gasteiger partial charge in [-0.25, -0.2) is 4.79 Å². The molecule has 2 heterocycles. The van der Waals surface area contributed by atoms with Gasteiger partial charge in [0.25, 0.3) is 0 Å². The number of piperidine rings is 1. The van der Waals surface area contributed by atoms with Crippen molar-refractivity contribution >= 4 is 6.16 Å². The van der Waals surface area contributed by atoms with Gasteiger partial charge in [0.15, 0.2) is 11.5 Å². The van der Waals surface area contributed by atoms with Gasteiger partial charge >= 0.3 is 6.16 Å². The third-order valence-corrected chi connectivity index (χ3v) is 6.30. The van der Waals surface area contributed by atoms with E-state index in [9.17, 15) is 4.79 Å². The van der Waals surface area contributed by atoms with Gasteiger partial charge in [-0.1, -0.05) is 27.2 Å². The minimum absolute atomic E-state index is 0.137. The highest BCUT2D eigenvalue weighted by Gasteiger charge is 2.41. The van der Waals surface area contributed by atoms with Crippen LogP contribution in [-0.4, -0.2) is 51.1 Å². The molecular weight excluding hydrogens is 382 g/mol. The summed E-state index contributed by atoms with van der Waals surface area (Å²) < 4.78 is 22.2. The predicted molar refractivity (Wildman–Crippen MR) is 116 cm³/mol. The molecule has 2 aliphatic rings. The quantitative estimate of drug-likeness (QED) is 0.437. The lowest BCUT2D eigenvalue weighted by atomic mass is 9.79. The second kappa shape index (κ2) is 10.4. The van der Waals surface area contributed by atoms with E-state index >= 15 is 0 Å². The fourth-order valence-electron chi connectivity index (χ4n) is 4.84. The summed E-state index contributed by atoms with van der Waals surface area (Å²) in [7, 11) is 3.34. The third kappa shape index (κ3) is 5.20. The van der Waals surface area contributed by atoms with Crippen molar-refractivity contribution in [1.82, 2.24) is 4.90 Å². The highest BCUT2D eigenvalue weighted by atomic mass is 16.7. The second-order valence-corrected chi connectivity index (χ2v) is 8.90. The number of ether oxygens (including phenoxy) is 4. The van der Waals surface area contributed by atoms with Gasteiger partial charge in [0.05, 0.1) is 20.8 Å². The molecule has 6 nitrogen and oxygen atoms in total. The Balaban J connectivity index is 1.81. The molecule has 0 radical (unpaired) electrons. The Labute approximate surface area is 180 Å². The summed E-state index contributed by atoms with van der Waals surface area (Å²) in [5.41, 5.74) is 2.55. The molecule has 0 bridgehead atoms. The number of nitrogens with zero attached hydrogens (tertiary/aromatic N) is 1. The number of hydrogen-bond acceptors (Lipinski definition) is 6. The largest absolute Gasteiger partial charge is 0.508 e. The van der Waals surface area contributed by atoms with Crippen molar-refractivity contribution in [3.63, 3.8) is 0 Å². The van der Waals surface area contributed by atoms with E-state index < -0.39 is 6.16 Å². The summed E-state index contributed by atoms with van der Waals surface area (Å²) in [5.74, 6) is 2.39. The molecule has 0 spiro atoms. The first-order chi connectivity index (χ1) is 14.5. The maximum absolute atomic E-state index is 12.3. The fraction of sp³-hybridized carbons (Fsp3) is 0.708. The Bertz CT molecular complexity index is 720. The molecule has 1 fully saturated rings. The summed E-state index contributed by atoms with van der Waals surface area (Å²) >= 11 is 0. The minimum atomic E-state index is -0.529. The summed E-state index contributed by atoms with van der Waals surface area (Å²) in [6.07, 6.45) is 4.00. The van der Waals surface area contributed by atoms with E-state index in [1.165, 1.54) is 11.1 Å². The van der Waals surface area contributed by atoms with E-state index in [2.05, 4.69) is 37.8 Å². The molecule has 0 N–H and O–H groups in total. The van der Waals surface area contributed by atoms with Crippen LogP contribution in [0.4, 0.5) is 4.79 Å². The number of hydrogen-bond donors (Lipinski definition) is 0. The predicted octanol–water partition coefficient (Wildman–Crippen LogP) is 4.99. The highest BCUT2D eigenvalue weighted by molar-refractivity contribution is 5.60. The molecule has 3 rings (SSSR count). The summed E-state index contributed by atoms with van der Waals surface area (Å²) in [6.45, 7) is 8.90. The lowest BCUT2D eigenvalue weighted by Crippen LogP contribution is -2.49. The number of rotatable bonds is 8. The van der Waals surface area contributed by atoms with Crippen LogP contribution in [0.15, 0.2) is 12.1 Å². The number of carbonyl (C=O) groups is 1. The maximum atomic E-state index is 12.3. The molecule has 2 aliphatic heterocycles. The van der Waals surface area contributed by atoms with Gasteiger partial charge in [-0.2, -0.15) is 0 Å². The molecule has 1 saturated heterocycles. The third-order valence-electron chi connectivity index (χ3n) is 6.30. The molecule has 3 atom stereocenters. The molecule has 1 aromatic carbocycles. The molecule has 0 aliphatic carbocycles. The normalized spacial score (nSPS) is 23.5. The van der Waals surface area contributed by atoms with E-state index in [0.29, 0.717) is 18.4 Å². The van der Waals surface area contributed by atoms with E-state index in [0.717, 1.165) is 56.7 Å². The van der Waals surface area contributed by atoms with E-state index in [4.69, 9.17) is 18.9 Å². The van der Waals surface area contributed by atoms with E-state index in [1.807, 2.05) is 0 Å². The van der Waals surface area contributed by atoms with Crippen LogP contribution in [0.3, 0.4) is 0 Å². The van der Waals surface area contributed by atoms with Crippen molar-refractivity contribution in [3.05, 3.63) is 23.3 Å². The van der Waals surface area contributed by atoms with Gasteiger partial charge in [-0.05, 0) is 48.4 Å². The molecular formula is C24H37NO5. The number of methoxy groups -OCH3 is 2. The first-order valence-electron chi connectivity index (χ1n) is 11.3. The Kier molecular flexibility index (Phi) is 7.87.